The van der Waals surface area contributed by atoms with Crippen LogP contribution in [0, 0.1) is 6.92 Å². The number of hydrogen-bond acceptors (Lipinski definition) is 3. The molecule has 1 aliphatic rings. The fraction of sp³-hybridized carbons (Fsp3) is 0.188. The van der Waals surface area contributed by atoms with Gasteiger partial charge in [-0.1, -0.05) is 12.1 Å². The average molecular weight is 268 g/mol. The number of carbonyl (C=O) groups is 1. The van der Waals surface area contributed by atoms with Crippen LogP contribution in [0.1, 0.15) is 21.5 Å². The summed E-state index contributed by atoms with van der Waals surface area (Å²) in [6.45, 7) is 2.83. The zero-order chi connectivity index (χ0) is 14.1. The fourth-order valence-electron chi connectivity index (χ4n) is 2.38. The maximum absolute atomic E-state index is 12.2. The van der Waals surface area contributed by atoms with Crippen LogP contribution in [0.15, 0.2) is 36.4 Å². The van der Waals surface area contributed by atoms with Crippen molar-refractivity contribution in [3.8, 4) is 5.75 Å². The van der Waals surface area contributed by atoms with Crippen LogP contribution < -0.4 is 10.6 Å². The van der Waals surface area contributed by atoms with E-state index in [-0.39, 0.29) is 11.7 Å². The second kappa shape index (κ2) is 4.89. The number of phenolic OH excluding ortho intramolecular Hbond substituents is 1. The lowest BCUT2D eigenvalue weighted by molar-refractivity contribution is 0.102. The summed E-state index contributed by atoms with van der Waals surface area (Å²) in [4.78, 5) is 12.2. The van der Waals surface area contributed by atoms with Crippen LogP contribution in [0.5, 0.6) is 5.75 Å². The highest BCUT2D eigenvalue weighted by Gasteiger charge is 2.14. The van der Waals surface area contributed by atoms with Gasteiger partial charge in [-0.15, -0.1) is 0 Å². The molecule has 102 valence electrons. The van der Waals surface area contributed by atoms with Crippen LogP contribution in [0.2, 0.25) is 0 Å². The summed E-state index contributed by atoms with van der Waals surface area (Å²) < 4.78 is 0. The van der Waals surface area contributed by atoms with Crippen LogP contribution in [-0.4, -0.2) is 17.6 Å². The lowest BCUT2D eigenvalue weighted by Crippen LogP contribution is -2.12. The van der Waals surface area contributed by atoms with Gasteiger partial charge in [0, 0.05) is 17.8 Å². The summed E-state index contributed by atoms with van der Waals surface area (Å²) in [5.74, 6) is -0.148. The Labute approximate surface area is 117 Å². The molecule has 2 aromatic carbocycles. The predicted octanol–water partition coefficient (Wildman–Crippen LogP) is 2.92. The van der Waals surface area contributed by atoms with Crippen molar-refractivity contribution in [3.05, 3.63) is 53.1 Å². The normalized spacial score (nSPS) is 12.7. The number of fused-ring (bicyclic) bond motifs is 1. The Morgan fingerprint density at radius 2 is 2.10 bits per heavy atom. The van der Waals surface area contributed by atoms with E-state index in [1.54, 1.807) is 18.2 Å². The molecule has 0 saturated carbocycles. The Morgan fingerprint density at radius 1 is 1.25 bits per heavy atom. The van der Waals surface area contributed by atoms with E-state index in [0.29, 0.717) is 11.3 Å². The van der Waals surface area contributed by atoms with E-state index in [0.717, 1.165) is 24.2 Å². The quantitative estimate of drug-likeness (QED) is 0.734. The van der Waals surface area contributed by atoms with Crippen molar-refractivity contribution in [2.24, 2.45) is 0 Å². The molecule has 3 rings (SSSR count). The zero-order valence-electron chi connectivity index (χ0n) is 11.2. The smallest absolute Gasteiger partial charge is 0.255 e. The third-order valence-corrected chi connectivity index (χ3v) is 3.48. The van der Waals surface area contributed by atoms with E-state index in [2.05, 4.69) is 10.6 Å². The monoisotopic (exact) mass is 268 g/mol. The number of benzene rings is 2. The SMILES string of the molecule is Cc1ccc(O)c(NC(=O)c2ccc3c(c2)NCC3)c1. The first-order valence-corrected chi connectivity index (χ1v) is 6.61. The first kappa shape index (κ1) is 12.5. The minimum absolute atomic E-state index is 0.0724. The number of carbonyl (C=O) groups excluding carboxylic acids is 1. The Bertz CT molecular complexity index is 680. The molecule has 0 fully saturated rings. The lowest BCUT2D eigenvalue weighted by atomic mass is 10.1. The lowest BCUT2D eigenvalue weighted by Gasteiger charge is -2.09. The first-order valence-electron chi connectivity index (χ1n) is 6.61. The minimum Gasteiger partial charge on any atom is -0.506 e. The Kier molecular flexibility index (Phi) is 3.06. The minimum atomic E-state index is -0.220. The van der Waals surface area contributed by atoms with E-state index in [9.17, 15) is 9.90 Å². The molecule has 0 saturated heterocycles. The number of aromatic hydroxyl groups is 1. The first-order chi connectivity index (χ1) is 9.63. The molecular formula is C16H16N2O2. The Hall–Kier alpha value is -2.49. The van der Waals surface area contributed by atoms with E-state index >= 15 is 0 Å². The van der Waals surface area contributed by atoms with Gasteiger partial charge in [-0.2, -0.15) is 0 Å². The van der Waals surface area contributed by atoms with Crippen molar-refractivity contribution in [1.29, 1.82) is 0 Å². The number of nitrogens with one attached hydrogen (secondary N) is 2. The number of rotatable bonds is 2. The molecule has 4 nitrogen and oxygen atoms in total. The maximum atomic E-state index is 12.2. The van der Waals surface area contributed by atoms with Crippen molar-refractivity contribution in [2.45, 2.75) is 13.3 Å². The molecule has 1 amide bonds. The summed E-state index contributed by atoms with van der Waals surface area (Å²) in [7, 11) is 0. The summed E-state index contributed by atoms with van der Waals surface area (Å²) in [5.41, 5.74) is 4.25. The van der Waals surface area contributed by atoms with Gasteiger partial charge in [0.1, 0.15) is 5.75 Å². The molecule has 0 unspecified atom stereocenters. The highest BCUT2D eigenvalue weighted by molar-refractivity contribution is 6.05. The average Bonchev–Trinajstić information content (AvgIpc) is 2.90. The molecular weight excluding hydrogens is 252 g/mol. The molecule has 4 heteroatoms. The van der Waals surface area contributed by atoms with Crippen LogP contribution in [0.25, 0.3) is 0 Å². The zero-order valence-corrected chi connectivity index (χ0v) is 11.2. The molecule has 0 bridgehead atoms. The van der Waals surface area contributed by atoms with E-state index in [1.807, 2.05) is 25.1 Å². The van der Waals surface area contributed by atoms with E-state index < -0.39 is 0 Å². The topological polar surface area (TPSA) is 61.4 Å². The summed E-state index contributed by atoms with van der Waals surface area (Å²) in [6, 6.07) is 10.8. The van der Waals surface area contributed by atoms with Crippen LogP contribution in [-0.2, 0) is 6.42 Å². The third kappa shape index (κ3) is 2.32. The molecule has 0 spiro atoms. The fourth-order valence-corrected chi connectivity index (χ4v) is 2.38. The summed E-state index contributed by atoms with van der Waals surface area (Å²) in [6.07, 6.45) is 0.996. The van der Waals surface area contributed by atoms with Crippen LogP contribution in [0.3, 0.4) is 0 Å². The second-order valence-electron chi connectivity index (χ2n) is 5.02. The van der Waals surface area contributed by atoms with Gasteiger partial charge in [-0.05, 0) is 48.7 Å². The highest BCUT2D eigenvalue weighted by Crippen LogP contribution is 2.26. The van der Waals surface area contributed by atoms with Gasteiger partial charge in [0.25, 0.3) is 5.91 Å². The van der Waals surface area contributed by atoms with Gasteiger partial charge < -0.3 is 15.7 Å². The molecule has 0 atom stereocenters. The predicted molar refractivity (Wildman–Crippen MR) is 79.4 cm³/mol. The van der Waals surface area contributed by atoms with Gasteiger partial charge in [-0.3, -0.25) is 4.79 Å². The van der Waals surface area contributed by atoms with Crippen molar-refractivity contribution >= 4 is 17.3 Å². The number of aryl methyl sites for hydroxylation is 1. The molecule has 3 N–H and O–H groups in total. The molecule has 20 heavy (non-hydrogen) atoms. The Balaban J connectivity index is 1.84. The summed E-state index contributed by atoms with van der Waals surface area (Å²) >= 11 is 0. The summed E-state index contributed by atoms with van der Waals surface area (Å²) in [5, 5.41) is 15.8. The maximum Gasteiger partial charge on any atom is 0.255 e. The van der Waals surface area contributed by atoms with Crippen LogP contribution >= 0.6 is 0 Å². The molecule has 2 aromatic rings. The molecule has 0 aromatic heterocycles. The van der Waals surface area contributed by atoms with Gasteiger partial charge >= 0.3 is 0 Å². The number of hydrogen-bond donors (Lipinski definition) is 3. The highest BCUT2D eigenvalue weighted by atomic mass is 16.3. The van der Waals surface area contributed by atoms with Crippen molar-refractivity contribution in [1.82, 2.24) is 0 Å². The molecule has 1 heterocycles. The third-order valence-electron chi connectivity index (χ3n) is 3.48. The van der Waals surface area contributed by atoms with Gasteiger partial charge in [0.05, 0.1) is 5.69 Å². The van der Waals surface area contributed by atoms with Gasteiger partial charge in [0.15, 0.2) is 0 Å². The molecule has 1 aliphatic heterocycles. The van der Waals surface area contributed by atoms with Gasteiger partial charge in [-0.25, -0.2) is 0 Å². The number of amides is 1. The molecule has 0 radical (unpaired) electrons. The second-order valence-corrected chi connectivity index (χ2v) is 5.02. The van der Waals surface area contributed by atoms with E-state index in [4.69, 9.17) is 0 Å². The number of phenols is 1. The Morgan fingerprint density at radius 3 is 2.95 bits per heavy atom. The van der Waals surface area contributed by atoms with Crippen LogP contribution in [0.4, 0.5) is 11.4 Å². The largest absolute Gasteiger partial charge is 0.506 e. The van der Waals surface area contributed by atoms with E-state index in [1.165, 1.54) is 5.56 Å². The number of anilines is 2. The van der Waals surface area contributed by atoms with Crippen molar-refractivity contribution < 1.29 is 9.90 Å². The standard InChI is InChI=1S/C16H16N2O2/c1-10-2-5-15(19)14(8-10)18-16(20)12-4-3-11-6-7-17-13(11)9-12/h2-5,8-9,17,19H,6-7H2,1H3,(H,18,20). The van der Waals surface area contributed by atoms with Crippen molar-refractivity contribution in [2.75, 3.05) is 17.2 Å². The van der Waals surface area contributed by atoms with Gasteiger partial charge in [0.2, 0.25) is 0 Å². The van der Waals surface area contributed by atoms with Crippen molar-refractivity contribution in [3.63, 3.8) is 0 Å². The molecule has 0 aliphatic carbocycles.